The van der Waals surface area contributed by atoms with Crippen LogP contribution in [-0.2, 0) is 0 Å². The topological polar surface area (TPSA) is 0 Å². The van der Waals surface area contributed by atoms with Crippen molar-refractivity contribution in [2.75, 3.05) is 0 Å². The molecule has 0 unspecified atom stereocenters. The minimum absolute atomic E-state index is 0.463. The largest absolute Gasteiger partial charge is 0.103 e. The summed E-state index contributed by atoms with van der Waals surface area (Å²) >= 11 is 0. The Kier molecular flexibility index (Phi) is 16.0. The molecule has 0 radical (unpaired) electrons. The van der Waals surface area contributed by atoms with Crippen LogP contribution >= 0.6 is 0 Å². The molecular weight excluding hydrogens is 168 g/mol. The first-order chi connectivity index (χ1) is 6.72. The van der Waals surface area contributed by atoms with Gasteiger partial charge in [-0.1, -0.05) is 31.2 Å². The van der Waals surface area contributed by atoms with Crippen LogP contribution in [-0.4, -0.2) is 0 Å². The number of hydrogen-bond acceptors (Lipinski definition) is 0. The van der Waals surface area contributed by atoms with Gasteiger partial charge >= 0.3 is 0 Å². The molecule has 0 heteroatoms. The highest BCUT2D eigenvalue weighted by molar-refractivity contribution is 4.88. The van der Waals surface area contributed by atoms with Gasteiger partial charge in [-0.2, -0.15) is 0 Å². The highest BCUT2D eigenvalue weighted by Crippen LogP contribution is 1.99. The van der Waals surface area contributed by atoms with Gasteiger partial charge in [0, 0.05) is 0 Å². The highest BCUT2D eigenvalue weighted by Gasteiger charge is 1.79. The van der Waals surface area contributed by atoms with Crippen molar-refractivity contribution in [1.29, 1.82) is 0 Å². The second-order valence-corrected chi connectivity index (χ2v) is 3.19. The van der Waals surface area contributed by atoms with Crippen molar-refractivity contribution in [2.45, 2.75) is 32.6 Å². The minimum atomic E-state index is 0.463. The van der Waals surface area contributed by atoms with Crippen molar-refractivity contribution in [2.24, 2.45) is 5.92 Å². The molecule has 0 amide bonds. The average Bonchev–Trinajstić information content (AvgIpc) is 2.24. The van der Waals surface area contributed by atoms with E-state index in [2.05, 4.69) is 26.3 Å². The Bertz CT molecular complexity index is 135. The van der Waals surface area contributed by atoms with Crippen molar-refractivity contribution in [3.8, 4) is 0 Å². The molecule has 0 bridgehead atoms. The third kappa shape index (κ3) is 17.2. The Labute approximate surface area is 89.7 Å². The van der Waals surface area contributed by atoms with E-state index in [4.69, 9.17) is 0 Å². The average molecular weight is 192 g/mol. The van der Waals surface area contributed by atoms with E-state index in [0.717, 1.165) is 12.8 Å². The van der Waals surface area contributed by atoms with Gasteiger partial charge in [0.15, 0.2) is 0 Å². The van der Waals surface area contributed by atoms with Crippen LogP contribution in [0.2, 0.25) is 0 Å². The van der Waals surface area contributed by atoms with Crippen LogP contribution in [0.5, 0.6) is 0 Å². The molecule has 0 N–H and O–H groups in total. The summed E-state index contributed by atoms with van der Waals surface area (Å²) in [6.07, 6.45) is 12.4. The van der Waals surface area contributed by atoms with Gasteiger partial charge in [-0.25, -0.2) is 0 Å². The van der Waals surface area contributed by atoms with E-state index in [9.17, 15) is 0 Å². The third-order valence-corrected chi connectivity index (χ3v) is 1.81. The molecular formula is C14H24. The summed E-state index contributed by atoms with van der Waals surface area (Å²) in [6.45, 7) is 16.4. The number of allylic oxidation sites excluding steroid dienone is 4. The Morgan fingerprint density at radius 1 is 0.857 bits per heavy atom. The molecule has 0 aromatic heterocycles. The Balaban J connectivity index is 0. The Morgan fingerprint density at radius 3 is 1.36 bits per heavy atom. The van der Waals surface area contributed by atoms with Crippen LogP contribution in [0.25, 0.3) is 0 Å². The van der Waals surface area contributed by atoms with E-state index < -0.39 is 0 Å². The first-order valence-electron chi connectivity index (χ1n) is 5.19. The summed E-state index contributed by atoms with van der Waals surface area (Å²) in [5.74, 6) is 0.463. The molecule has 0 saturated heterocycles. The zero-order valence-corrected chi connectivity index (χ0v) is 9.54. The monoisotopic (exact) mass is 192 g/mol. The number of unbranched alkanes of at least 4 members (excludes halogenated alkanes) is 3. The number of rotatable bonds is 7. The van der Waals surface area contributed by atoms with E-state index in [1.165, 1.54) is 12.8 Å². The molecule has 0 aliphatic carbocycles. The zero-order valence-electron chi connectivity index (χ0n) is 9.54. The van der Waals surface area contributed by atoms with Crippen LogP contribution in [0.4, 0.5) is 0 Å². The van der Waals surface area contributed by atoms with Crippen LogP contribution in [0, 0.1) is 5.92 Å². The van der Waals surface area contributed by atoms with Crippen molar-refractivity contribution in [3.63, 3.8) is 0 Å². The van der Waals surface area contributed by atoms with Gasteiger partial charge in [0.1, 0.15) is 0 Å². The molecule has 0 aromatic carbocycles. The highest BCUT2D eigenvalue weighted by atomic mass is 13.9. The first-order valence-corrected chi connectivity index (χ1v) is 5.19. The molecule has 0 nitrogen and oxygen atoms in total. The maximum absolute atomic E-state index is 3.63. The van der Waals surface area contributed by atoms with E-state index >= 15 is 0 Å². The van der Waals surface area contributed by atoms with E-state index in [-0.39, 0.29) is 0 Å². The van der Waals surface area contributed by atoms with Gasteiger partial charge < -0.3 is 0 Å². The molecule has 0 aliphatic rings. The summed E-state index contributed by atoms with van der Waals surface area (Å²) in [4.78, 5) is 0. The predicted molar refractivity (Wildman–Crippen MR) is 68.4 cm³/mol. The van der Waals surface area contributed by atoms with Gasteiger partial charge in [-0.3, -0.25) is 0 Å². The van der Waals surface area contributed by atoms with Gasteiger partial charge in [0.2, 0.25) is 0 Å². The second kappa shape index (κ2) is 14.5. The molecule has 0 aromatic rings. The molecule has 0 heterocycles. The lowest BCUT2D eigenvalue weighted by Crippen LogP contribution is -1.75. The lowest BCUT2D eigenvalue weighted by atomic mass is 10.2. The van der Waals surface area contributed by atoms with Crippen LogP contribution in [0.3, 0.4) is 0 Å². The van der Waals surface area contributed by atoms with E-state index in [1.807, 2.05) is 31.2 Å². The maximum atomic E-state index is 3.63. The van der Waals surface area contributed by atoms with Crippen LogP contribution in [0.15, 0.2) is 50.6 Å². The van der Waals surface area contributed by atoms with Crippen molar-refractivity contribution < 1.29 is 0 Å². The van der Waals surface area contributed by atoms with Crippen LogP contribution < -0.4 is 0 Å². The molecule has 0 spiro atoms. The molecule has 0 saturated carbocycles. The molecule has 0 rings (SSSR count). The van der Waals surface area contributed by atoms with Gasteiger partial charge in [-0.05, 0) is 31.6 Å². The summed E-state index contributed by atoms with van der Waals surface area (Å²) in [7, 11) is 0. The van der Waals surface area contributed by atoms with Crippen molar-refractivity contribution in [3.05, 3.63) is 50.6 Å². The zero-order chi connectivity index (χ0) is 11.2. The minimum Gasteiger partial charge on any atom is -0.103 e. The van der Waals surface area contributed by atoms with Crippen LogP contribution in [0.1, 0.15) is 32.6 Å². The normalized spacial score (nSPS) is 8.43. The van der Waals surface area contributed by atoms with E-state index in [1.54, 1.807) is 0 Å². The van der Waals surface area contributed by atoms with Crippen molar-refractivity contribution in [1.82, 2.24) is 0 Å². The number of hydrogen-bond donors (Lipinski definition) is 0. The lowest BCUT2D eigenvalue weighted by Gasteiger charge is -1.89. The van der Waals surface area contributed by atoms with E-state index in [0.29, 0.717) is 5.92 Å². The standard InChI is InChI=1S/C8H14.C6H10/c1-3-5-7-8-6-4-2;1-4-6(3)5-2/h3-4H,1-2,5-8H2;4-6H,1-2H2,3H3. The fraction of sp³-hybridized carbons (Fsp3) is 0.429. The predicted octanol–water partition coefficient (Wildman–Crippen LogP) is 4.91. The molecule has 0 atom stereocenters. The SMILES string of the molecule is C=CC(C)C=C.C=CCCCCC=C. The maximum Gasteiger partial charge on any atom is -0.00872 e. The summed E-state index contributed by atoms with van der Waals surface area (Å²) in [5.41, 5.74) is 0. The third-order valence-electron chi connectivity index (χ3n) is 1.81. The summed E-state index contributed by atoms with van der Waals surface area (Å²) in [5, 5.41) is 0. The Hall–Kier alpha value is -1.04. The second-order valence-electron chi connectivity index (χ2n) is 3.19. The Morgan fingerprint density at radius 2 is 1.21 bits per heavy atom. The summed E-state index contributed by atoms with van der Waals surface area (Å²) < 4.78 is 0. The quantitative estimate of drug-likeness (QED) is 0.397. The first kappa shape index (κ1) is 15.4. The molecule has 14 heavy (non-hydrogen) atoms. The fourth-order valence-electron chi connectivity index (χ4n) is 0.674. The lowest BCUT2D eigenvalue weighted by molar-refractivity contribution is 0.764. The summed E-state index contributed by atoms with van der Waals surface area (Å²) in [6, 6.07) is 0. The smallest absolute Gasteiger partial charge is 0.00872 e. The fourth-order valence-corrected chi connectivity index (χ4v) is 0.674. The van der Waals surface area contributed by atoms with Gasteiger partial charge in [-0.15, -0.1) is 26.3 Å². The molecule has 0 fully saturated rings. The van der Waals surface area contributed by atoms with Gasteiger partial charge in [0.05, 0.1) is 0 Å². The van der Waals surface area contributed by atoms with Gasteiger partial charge in [0.25, 0.3) is 0 Å². The molecule has 0 aliphatic heterocycles. The van der Waals surface area contributed by atoms with Crippen molar-refractivity contribution >= 4 is 0 Å². The molecule has 80 valence electrons.